The van der Waals surface area contributed by atoms with Gasteiger partial charge in [-0.15, -0.1) is 10.2 Å². The van der Waals surface area contributed by atoms with Gasteiger partial charge in [0.2, 0.25) is 0 Å². The number of carbonyl (C=O) groups excluding carboxylic acids is 1. The molecule has 8 aromatic rings. The first-order valence-electron chi connectivity index (χ1n) is 19.0. The lowest BCUT2D eigenvalue weighted by Crippen LogP contribution is -2.18. The van der Waals surface area contributed by atoms with Crippen molar-refractivity contribution < 1.29 is 25.1 Å². The first-order chi connectivity index (χ1) is 29.3. The molecule has 0 heterocycles. The molecule has 60 heavy (non-hydrogen) atoms. The summed E-state index contributed by atoms with van der Waals surface area (Å²) in [7, 11) is 0. The Hall–Kier alpha value is -7.28. The third kappa shape index (κ3) is 7.23. The van der Waals surface area contributed by atoms with Crippen LogP contribution in [0.4, 0.5) is 28.4 Å². The molecule has 0 spiro atoms. The predicted molar refractivity (Wildman–Crippen MR) is 233 cm³/mol. The molecule has 8 aromatic carbocycles. The Morgan fingerprint density at radius 3 is 1.87 bits per heavy atom. The minimum absolute atomic E-state index is 0.0113. The Bertz CT molecular complexity index is 3060. The van der Waals surface area contributed by atoms with E-state index in [9.17, 15) is 20.2 Å². The minimum Gasteiger partial charge on any atom is -0.505 e. The fourth-order valence-corrected chi connectivity index (χ4v) is 7.72. The Kier molecular flexibility index (Phi) is 10.3. The number of phenols is 2. The van der Waals surface area contributed by atoms with Crippen LogP contribution in [0.5, 0.6) is 11.5 Å². The van der Waals surface area contributed by atoms with Gasteiger partial charge in [-0.1, -0.05) is 114 Å². The molecule has 5 N–H and O–H groups in total. The third-order valence-corrected chi connectivity index (χ3v) is 10.8. The Morgan fingerprint density at radius 2 is 1.23 bits per heavy atom. The van der Waals surface area contributed by atoms with E-state index in [0.29, 0.717) is 55.1 Å². The van der Waals surface area contributed by atoms with E-state index in [1.165, 1.54) is 0 Å². The highest BCUT2D eigenvalue weighted by molar-refractivity contribution is 6.33. The summed E-state index contributed by atoms with van der Waals surface area (Å²) in [5.41, 5.74) is 12.2. The van der Waals surface area contributed by atoms with Crippen LogP contribution in [0.1, 0.15) is 44.2 Å². The maximum Gasteiger partial charge on any atom is 0.194 e. The van der Waals surface area contributed by atoms with Crippen molar-refractivity contribution in [3.05, 3.63) is 184 Å². The predicted octanol–water partition coefficient (Wildman–Crippen LogP) is 13.0. The maximum absolute atomic E-state index is 13.9. The molecular formula is C48H35ClN6O5. The number of nitrogens with one attached hydrogen (secondary N) is 2. The average Bonchev–Trinajstić information content (AvgIpc) is 3.54. The number of hydroxylamine groups is 1. The quantitative estimate of drug-likeness (QED) is 0.0642. The Morgan fingerprint density at radius 1 is 0.633 bits per heavy atom. The van der Waals surface area contributed by atoms with Gasteiger partial charge in [-0.3, -0.25) is 15.1 Å². The highest BCUT2D eigenvalue weighted by atomic mass is 35.5. The van der Waals surface area contributed by atoms with Gasteiger partial charge in [0.05, 0.1) is 28.1 Å². The molecule has 9 rings (SSSR count). The molecule has 1 aliphatic carbocycles. The molecule has 0 bridgehead atoms. The van der Waals surface area contributed by atoms with E-state index in [1.54, 1.807) is 36.4 Å². The summed E-state index contributed by atoms with van der Waals surface area (Å²) < 4.78 is 0. The van der Waals surface area contributed by atoms with Crippen molar-refractivity contribution in [3.63, 3.8) is 0 Å². The number of benzene rings is 8. The van der Waals surface area contributed by atoms with Crippen molar-refractivity contribution in [1.29, 1.82) is 0 Å². The molecule has 0 saturated heterocycles. The molecule has 0 radical (unpaired) electrons. The van der Waals surface area contributed by atoms with Gasteiger partial charge in [0.25, 0.3) is 0 Å². The first kappa shape index (κ1) is 38.2. The SMILES string of the molecule is Cc1cccc(C(NO)c2cc3ccccc3c(N=Nc3ccc4c(c3)C(=O)c3cc(N=Nc5c(O)c(CONc6ccccc6Cl)cc6ccccc56)ccc3-4)c2O)c1. The molecule has 12 heteroatoms. The molecule has 294 valence electrons. The van der Waals surface area contributed by atoms with Crippen molar-refractivity contribution >= 4 is 67.4 Å². The molecule has 1 aliphatic rings. The van der Waals surface area contributed by atoms with E-state index >= 15 is 0 Å². The van der Waals surface area contributed by atoms with Gasteiger partial charge in [0.1, 0.15) is 29.5 Å². The number of aryl methyl sites for hydroxylation is 1. The normalized spacial score (nSPS) is 12.8. The van der Waals surface area contributed by atoms with Gasteiger partial charge in [0, 0.05) is 33.0 Å². The second-order valence-corrected chi connectivity index (χ2v) is 14.8. The number of aromatic hydroxyl groups is 2. The monoisotopic (exact) mass is 810 g/mol. The summed E-state index contributed by atoms with van der Waals surface area (Å²) in [5, 5.41) is 54.7. The molecule has 0 fully saturated rings. The molecule has 0 aromatic heterocycles. The number of phenolic OH excluding ortho intramolecular Hbond substituents is 2. The van der Waals surface area contributed by atoms with Crippen molar-refractivity contribution in [1.82, 2.24) is 5.48 Å². The number of nitrogens with zero attached hydrogens (tertiary/aromatic N) is 4. The van der Waals surface area contributed by atoms with Crippen LogP contribution in [0.3, 0.4) is 0 Å². The van der Waals surface area contributed by atoms with Crippen LogP contribution in [0.15, 0.2) is 166 Å². The summed E-state index contributed by atoms with van der Waals surface area (Å²) in [5.74, 6) is -0.435. The zero-order chi connectivity index (χ0) is 41.3. The lowest BCUT2D eigenvalue weighted by atomic mass is 9.94. The topological polar surface area (TPSA) is 160 Å². The molecule has 0 amide bonds. The molecule has 0 aliphatic heterocycles. The number of fused-ring (bicyclic) bond motifs is 5. The number of hydrogen-bond acceptors (Lipinski definition) is 11. The van der Waals surface area contributed by atoms with Crippen molar-refractivity contribution in [3.8, 4) is 22.6 Å². The lowest BCUT2D eigenvalue weighted by Gasteiger charge is -2.19. The zero-order valence-corrected chi connectivity index (χ0v) is 32.7. The van der Waals surface area contributed by atoms with Gasteiger partial charge in [-0.2, -0.15) is 15.7 Å². The van der Waals surface area contributed by atoms with E-state index < -0.39 is 6.04 Å². The van der Waals surface area contributed by atoms with Crippen LogP contribution in [-0.4, -0.2) is 21.2 Å². The van der Waals surface area contributed by atoms with Crippen LogP contribution >= 0.6 is 11.6 Å². The second-order valence-electron chi connectivity index (χ2n) is 14.4. The van der Waals surface area contributed by atoms with Gasteiger partial charge >= 0.3 is 0 Å². The summed E-state index contributed by atoms with van der Waals surface area (Å²) in [6.45, 7) is 1.97. The molecular weight excluding hydrogens is 776 g/mol. The molecule has 0 saturated carbocycles. The standard InChI is InChI=1S/C48H35ClN6O5/c1-27-9-8-12-30(21-27)43(54-59)40-23-29-11-3-5-14-35(29)45(48(40)58)53-51-33-18-20-37-36-19-17-32(24-38(36)47(57)39(37)25-33)50-52-44-34-13-4-2-10-28(34)22-31(46(44)56)26-60-55-42-16-7-6-15-41(42)49/h2-25,43,54-56,58-59H,26H2,1H3. The number of azo groups is 2. The third-order valence-electron chi connectivity index (χ3n) is 10.5. The van der Waals surface area contributed by atoms with E-state index in [0.717, 1.165) is 33.0 Å². The Balaban J connectivity index is 0.986. The molecule has 11 nitrogen and oxygen atoms in total. The van der Waals surface area contributed by atoms with Crippen molar-refractivity contribution in [2.75, 3.05) is 5.48 Å². The average molecular weight is 811 g/mol. The number of rotatable bonds is 11. The smallest absolute Gasteiger partial charge is 0.194 e. The number of para-hydroxylation sites is 1. The van der Waals surface area contributed by atoms with E-state index in [4.69, 9.17) is 16.4 Å². The maximum atomic E-state index is 13.9. The minimum atomic E-state index is -0.734. The van der Waals surface area contributed by atoms with Gasteiger partial charge in [0.15, 0.2) is 5.78 Å². The van der Waals surface area contributed by atoms with E-state index in [2.05, 4.69) is 31.4 Å². The number of hydrogen-bond donors (Lipinski definition) is 5. The van der Waals surface area contributed by atoms with Crippen molar-refractivity contribution in [2.45, 2.75) is 19.6 Å². The zero-order valence-electron chi connectivity index (χ0n) is 32.0. The van der Waals surface area contributed by atoms with Gasteiger partial charge < -0.3 is 15.4 Å². The summed E-state index contributed by atoms with van der Waals surface area (Å²) in [6.07, 6.45) is 0. The summed E-state index contributed by atoms with van der Waals surface area (Å²) >= 11 is 6.24. The first-order valence-corrected chi connectivity index (χ1v) is 19.4. The number of carbonyl (C=O) groups is 1. The fourth-order valence-electron chi connectivity index (χ4n) is 7.55. The fraction of sp³-hybridized carbons (Fsp3) is 0.0625. The van der Waals surface area contributed by atoms with Gasteiger partial charge in [-0.25, -0.2) is 0 Å². The summed E-state index contributed by atoms with van der Waals surface area (Å²) in [6, 6.07) is 43.3. The Labute approximate surface area is 348 Å². The highest BCUT2D eigenvalue weighted by Gasteiger charge is 2.28. The number of halogens is 1. The molecule has 1 atom stereocenters. The van der Waals surface area contributed by atoms with Crippen LogP contribution < -0.4 is 11.0 Å². The number of ketones is 1. The van der Waals surface area contributed by atoms with Crippen LogP contribution in [0.2, 0.25) is 5.02 Å². The number of anilines is 1. The van der Waals surface area contributed by atoms with Crippen LogP contribution in [-0.2, 0) is 11.4 Å². The van der Waals surface area contributed by atoms with E-state index in [1.807, 2.05) is 116 Å². The second kappa shape index (κ2) is 16.2. The lowest BCUT2D eigenvalue weighted by molar-refractivity contribution is 0.104. The molecule has 1 unspecified atom stereocenters. The van der Waals surface area contributed by atoms with Crippen LogP contribution in [0.25, 0.3) is 32.7 Å². The summed E-state index contributed by atoms with van der Waals surface area (Å²) in [4.78, 5) is 19.6. The largest absolute Gasteiger partial charge is 0.505 e. The van der Waals surface area contributed by atoms with Crippen LogP contribution in [0, 0.1) is 6.92 Å². The highest BCUT2D eigenvalue weighted by Crippen LogP contribution is 2.45. The van der Waals surface area contributed by atoms with E-state index in [-0.39, 0.29) is 35.3 Å². The van der Waals surface area contributed by atoms with Crippen molar-refractivity contribution in [2.24, 2.45) is 20.5 Å². The van der Waals surface area contributed by atoms with Gasteiger partial charge in [-0.05, 0) is 82.9 Å².